The average Bonchev–Trinajstić information content (AvgIpc) is 2.70. The third-order valence-corrected chi connectivity index (χ3v) is 4.35. The van der Waals surface area contributed by atoms with Crippen LogP contribution in [0.1, 0.15) is 20.8 Å². The van der Waals surface area contributed by atoms with Gasteiger partial charge in [0.25, 0.3) is 0 Å². The van der Waals surface area contributed by atoms with Crippen LogP contribution in [0.25, 0.3) is 0 Å². The maximum atomic E-state index is 12.3. The quantitative estimate of drug-likeness (QED) is 0.581. The van der Waals surface area contributed by atoms with Gasteiger partial charge in [-0.25, -0.2) is 5.43 Å². The summed E-state index contributed by atoms with van der Waals surface area (Å²) >= 11 is 0. The number of hydrogen-bond acceptors (Lipinski definition) is 4. The molecule has 1 amide bonds. The summed E-state index contributed by atoms with van der Waals surface area (Å²) in [6, 6.07) is 0.0413. The van der Waals surface area contributed by atoms with E-state index < -0.39 is 0 Å². The Kier molecular flexibility index (Phi) is 2.73. The summed E-state index contributed by atoms with van der Waals surface area (Å²) in [5, 5.41) is 12.4. The lowest BCUT2D eigenvalue weighted by atomic mass is 9.87. The second kappa shape index (κ2) is 4.08. The first-order valence-corrected chi connectivity index (χ1v) is 6.77. The summed E-state index contributed by atoms with van der Waals surface area (Å²) in [6.07, 6.45) is 4.06. The average molecular weight is 263 g/mol. The number of hydrogen-bond donors (Lipinski definition) is 4. The van der Waals surface area contributed by atoms with Crippen molar-refractivity contribution in [2.45, 2.75) is 32.9 Å². The van der Waals surface area contributed by atoms with E-state index in [1.54, 1.807) is 0 Å². The van der Waals surface area contributed by atoms with Crippen molar-refractivity contribution in [3.8, 4) is 0 Å². The number of carbonyl (C=O) groups is 1. The number of aliphatic hydroxyl groups is 1. The van der Waals surface area contributed by atoms with Gasteiger partial charge in [0.2, 0.25) is 5.91 Å². The standard InChI is InChI=1S/C14H21N3O2/c1-14(2,3)9(6-18)16-13(19)11-8-4-7-5-15-17-12(7)10(8)11/h4-5,9-12,15,17-18H,6H2,1-3H3,(H,16,19)/t9-,10?,11?,12?/m1/s1. The minimum absolute atomic E-state index is 0.0223. The molecule has 1 fully saturated rings. The van der Waals surface area contributed by atoms with Crippen molar-refractivity contribution >= 4 is 5.91 Å². The first kappa shape index (κ1) is 12.7. The zero-order valence-corrected chi connectivity index (χ0v) is 11.5. The molecule has 2 aliphatic carbocycles. The molecule has 4 atom stereocenters. The highest BCUT2D eigenvalue weighted by atomic mass is 16.3. The summed E-state index contributed by atoms with van der Waals surface area (Å²) in [7, 11) is 0. The Balaban J connectivity index is 1.65. The third kappa shape index (κ3) is 1.97. The highest BCUT2D eigenvalue weighted by Crippen LogP contribution is 2.55. The molecule has 1 aliphatic heterocycles. The van der Waals surface area contributed by atoms with E-state index in [4.69, 9.17) is 0 Å². The highest BCUT2D eigenvalue weighted by molar-refractivity contribution is 5.89. The zero-order chi connectivity index (χ0) is 13.8. The van der Waals surface area contributed by atoms with Gasteiger partial charge in [-0.3, -0.25) is 4.79 Å². The van der Waals surface area contributed by atoms with Crippen LogP contribution in [0.2, 0.25) is 0 Å². The molecule has 0 saturated heterocycles. The van der Waals surface area contributed by atoms with Crippen LogP contribution in [-0.2, 0) is 4.79 Å². The van der Waals surface area contributed by atoms with Crippen LogP contribution in [0.5, 0.6) is 0 Å². The van der Waals surface area contributed by atoms with Crippen molar-refractivity contribution in [2.24, 2.45) is 17.3 Å². The summed E-state index contributed by atoms with van der Waals surface area (Å²) in [6.45, 7) is 6.03. The van der Waals surface area contributed by atoms with Gasteiger partial charge in [-0.05, 0) is 11.0 Å². The molecule has 3 aliphatic rings. The molecule has 1 heterocycles. The molecule has 104 valence electrons. The highest BCUT2D eigenvalue weighted by Gasteiger charge is 2.58. The minimum atomic E-state index is -0.202. The van der Waals surface area contributed by atoms with Crippen molar-refractivity contribution in [3.63, 3.8) is 0 Å². The second-order valence-electron chi connectivity index (χ2n) is 6.67. The third-order valence-electron chi connectivity index (χ3n) is 4.35. The van der Waals surface area contributed by atoms with E-state index in [2.05, 4.69) is 22.2 Å². The van der Waals surface area contributed by atoms with Gasteiger partial charge in [-0.1, -0.05) is 32.4 Å². The summed E-state index contributed by atoms with van der Waals surface area (Å²) in [5.41, 5.74) is 8.47. The molecule has 19 heavy (non-hydrogen) atoms. The Bertz CT molecular complexity index is 476. The van der Waals surface area contributed by atoms with Gasteiger partial charge in [0, 0.05) is 12.1 Å². The van der Waals surface area contributed by atoms with E-state index in [0.29, 0.717) is 5.92 Å². The molecule has 3 unspecified atom stereocenters. The molecule has 3 rings (SSSR count). The summed E-state index contributed by atoms with van der Waals surface area (Å²) in [5.74, 6) is 0.310. The first-order valence-electron chi connectivity index (χ1n) is 6.77. The molecular weight excluding hydrogens is 242 g/mol. The van der Waals surface area contributed by atoms with Crippen molar-refractivity contribution in [1.82, 2.24) is 16.2 Å². The molecule has 0 bridgehead atoms. The Hall–Kier alpha value is -1.33. The van der Waals surface area contributed by atoms with E-state index >= 15 is 0 Å². The number of aliphatic hydroxyl groups excluding tert-OH is 1. The van der Waals surface area contributed by atoms with Crippen LogP contribution in [0.4, 0.5) is 0 Å². The van der Waals surface area contributed by atoms with E-state index in [1.165, 1.54) is 11.1 Å². The van der Waals surface area contributed by atoms with Gasteiger partial charge >= 0.3 is 0 Å². The molecule has 0 aromatic rings. The fraction of sp³-hybridized carbons (Fsp3) is 0.643. The van der Waals surface area contributed by atoms with Crippen LogP contribution >= 0.6 is 0 Å². The van der Waals surface area contributed by atoms with Crippen LogP contribution in [-0.4, -0.2) is 29.7 Å². The molecule has 0 spiro atoms. The SMILES string of the molecule is CC(C)(C)[C@@H](CO)NC(=O)C1C2=CC3=CNNC3C21. The lowest BCUT2D eigenvalue weighted by Gasteiger charge is -2.30. The predicted octanol–water partition coefficient (Wildman–Crippen LogP) is 0.0559. The lowest BCUT2D eigenvalue weighted by Crippen LogP contribution is -2.47. The smallest absolute Gasteiger partial charge is 0.228 e. The van der Waals surface area contributed by atoms with E-state index in [0.717, 1.165) is 0 Å². The molecule has 4 N–H and O–H groups in total. The minimum Gasteiger partial charge on any atom is -0.394 e. The zero-order valence-electron chi connectivity index (χ0n) is 11.5. The maximum absolute atomic E-state index is 12.3. The summed E-state index contributed by atoms with van der Waals surface area (Å²) < 4.78 is 0. The van der Waals surface area contributed by atoms with E-state index in [9.17, 15) is 9.90 Å². The number of fused-ring (bicyclic) bond motifs is 3. The number of hydrazine groups is 1. The van der Waals surface area contributed by atoms with Crippen LogP contribution in [0.3, 0.4) is 0 Å². The maximum Gasteiger partial charge on any atom is 0.228 e. The monoisotopic (exact) mass is 263 g/mol. The fourth-order valence-electron chi connectivity index (χ4n) is 3.00. The van der Waals surface area contributed by atoms with Crippen LogP contribution in [0, 0.1) is 17.3 Å². The topological polar surface area (TPSA) is 73.4 Å². The molecule has 1 saturated carbocycles. The Morgan fingerprint density at radius 1 is 1.53 bits per heavy atom. The van der Waals surface area contributed by atoms with Gasteiger partial charge in [0.1, 0.15) is 0 Å². The first-order chi connectivity index (χ1) is 8.93. The van der Waals surface area contributed by atoms with Crippen LogP contribution < -0.4 is 16.2 Å². The van der Waals surface area contributed by atoms with Gasteiger partial charge in [-0.15, -0.1) is 0 Å². The summed E-state index contributed by atoms with van der Waals surface area (Å²) in [4.78, 5) is 12.3. The van der Waals surface area contributed by atoms with Gasteiger partial charge in [-0.2, -0.15) is 0 Å². The van der Waals surface area contributed by atoms with Gasteiger partial charge < -0.3 is 15.8 Å². The molecular formula is C14H21N3O2. The number of rotatable bonds is 3. The molecule has 0 aromatic heterocycles. The van der Waals surface area contributed by atoms with Gasteiger partial charge in [0.05, 0.1) is 24.6 Å². The van der Waals surface area contributed by atoms with Crippen molar-refractivity contribution in [2.75, 3.05) is 6.61 Å². The normalized spacial score (nSPS) is 32.7. The fourth-order valence-corrected chi connectivity index (χ4v) is 3.00. The van der Waals surface area contributed by atoms with E-state index in [1.807, 2.05) is 27.0 Å². The largest absolute Gasteiger partial charge is 0.394 e. The predicted molar refractivity (Wildman–Crippen MR) is 71.7 cm³/mol. The number of nitrogens with one attached hydrogen (secondary N) is 3. The van der Waals surface area contributed by atoms with Crippen molar-refractivity contribution in [3.05, 3.63) is 23.4 Å². The number of amides is 1. The number of carbonyl (C=O) groups excluding carboxylic acids is 1. The second-order valence-corrected chi connectivity index (χ2v) is 6.67. The van der Waals surface area contributed by atoms with Crippen molar-refractivity contribution < 1.29 is 9.90 Å². The Morgan fingerprint density at radius 2 is 2.26 bits per heavy atom. The Morgan fingerprint density at radius 3 is 2.89 bits per heavy atom. The molecule has 0 aromatic carbocycles. The molecule has 5 nitrogen and oxygen atoms in total. The van der Waals surface area contributed by atoms with Crippen LogP contribution in [0.15, 0.2) is 23.4 Å². The lowest BCUT2D eigenvalue weighted by molar-refractivity contribution is -0.124. The van der Waals surface area contributed by atoms with E-state index in [-0.39, 0.29) is 35.9 Å². The Labute approximate surface area is 113 Å². The van der Waals surface area contributed by atoms with Gasteiger partial charge in [0.15, 0.2) is 0 Å². The molecule has 5 heteroatoms. The molecule has 0 radical (unpaired) electrons. The van der Waals surface area contributed by atoms with Crippen molar-refractivity contribution in [1.29, 1.82) is 0 Å².